The first-order valence-corrected chi connectivity index (χ1v) is 4.02. The Morgan fingerprint density at radius 3 is 2.77 bits per heavy atom. The Labute approximate surface area is 75.5 Å². The molecule has 13 heavy (non-hydrogen) atoms. The summed E-state index contributed by atoms with van der Waals surface area (Å²) in [6.07, 6.45) is 0. The van der Waals surface area contributed by atoms with Gasteiger partial charge in [0.1, 0.15) is 11.6 Å². The normalized spacial score (nSPS) is 10.4. The van der Waals surface area contributed by atoms with Crippen molar-refractivity contribution in [2.75, 3.05) is 6.61 Å². The molecule has 0 aliphatic carbocycles. The molecule has 0 atom stereocenters. The van der Waals surface area contributed by atoms with Crippen LogP contribution in [0, 0.1) is 11.6 Å². The molecule has 0 aliphatic rings. The summed E-state index contributed by atoms with van der Waals surface area (Å²) in [5.74, 6) is -1.13. The molecule has 0 unspecified atom stereocenters. The molecule has 0 saturated carbocycles. The Morgan fingerprint density at radius 1 is 1.38 bits per heavy atom. The maximum absolute atomic E-state index is 12.9. The van der Waals surface area contributed by atoms with Crippen molar-refractivity contribution in [1.82, 2.24) is 5.48 Å². The SMILES string of the molecule is CCONCc1ccc(F)cc1F. The molecule has 72 valence electrons. The third kappa shape index (κ3) is 3.08. The largest absolute Gasteiger partial charge is 0.302 e. The number of nitrogens with one attached hydrogen (secondary N) is 1. The zero-order valence-electron chi connectivity index (χ0n) is 7.31. The molecule has 0 spiro atoms. The molecule has 0 amide bonds. The van der Waals surface area contributed by atoms with Gasteiger partial charge in [0.15, 0.2) is 0 Å². The van der Waals surface area contributed by atoms with Gasteiger partial charge in [0.05, 0.1) is 6.61 Å². The maximum Gasteiger partial charge on any atom is 0.130 e. The van der Waals surface area contributed by atoms with Crippen molar-refractivity contribution in [2.24, 2.45) is 0 Å². The second-order valence-electron chi connectivity index (χ2n) is 2.49. The van der Waals surface area contributed by atoms with Crippen molar-refractivity contribution in [2.45, 2.75) is 13.5 Å². The summed E-state index contributed by atoms with van der Waals surface area (Å²) < 4.78 is 25.4. The monoisotopic (exact) mass is 187 g/mol. The molecule has 1 aromatic carbocycles. The molecule has 1 rings (SSSR count). The summed E-state index contributed by atoms with van der Waals surface area (Å²) in [5.41, 5.74) is 2.93. The topological polar surface area (TPSA) is 21.3 Å². The molecule has 0 aliphatic heterocycles. The number of halogens is 2. The van der Waals surface area contributed by atoms with E-state index in [0.29, 0.717) is 12.2 Å². The molecule has 0 heterocycles. The number of benzene rings is 1. The highest BCUT2D eigenvalue weighted by Gasteiger charge is 2.02. The van der Waals surface area contributed by atoms with E-state index < -0.39 is 11.6 Å². The van der Waals surface area contributed by atoms with Crippen molar-refractivity contribution < 1.29 is 13.6 Å². The Balaban J connectivity index is 2.56. The van der Waals surface area contributed by atoms with Crippen molar-refractivity contribution in [3.05, 3.63) is 35.4 Å². The minimum Gasteiger partial charge on any atom is -0.302 e. The molecule has 0 aromatic heterocycles. The average Bonchev–Trinajstić information content (AvgIpc) is 2.09. The van der Waals surface area contributed by atoms with Crippen LogP contribution in [-0.2, 0) is 11.4 Å². The van der Waals surface area contributed by atoms with Gasteiger partial charge in [0.2, 0.25) is 0 Å². The summed E-state index contributed by atoms with van der Waals surface area (Å²) in [4.78, 5) is 4.81. The molecule has 1 aromatic rings. The van der Waals surface area contributed by atoms with Gasteiger partial charge in [-0.2, -0.15) is 5.48 Å². The van der Waals surface area contributed by atoms with E-state index in [4.69, 9.17) is 4.84 Å². The third-order valence-electron chi connectivity index (χ3n) is 1.52. The van der Waals surface area contributed by atoms with E-state index in [-0.39, 0.29) is 6.54 Å². The van der Waals surface area contributed by atoms with Crippen molar-refractivity contribution in [1.29, 1.82) is 0 Å². The molecule has 4 heteroatoms. The predicted octanol–water partition coefficient (Wildman–Crippen LogP) is 2.01. The average molecular weight is 187 g/mol. The van der Waals surface area contributed by atoms with E-state index in [9.17, 15) is 8.78 Å². The van der Waals surface area contributed by atoms with E-state index in [1.807, 2.05) is 6.92 Å². The number of hydroxylamine groups is 1. The molecular weight excluding hydrogens is 176 g/mol. The maximum atomic E-state index is 12.9. The van der Waals surface area contributed by atoms with E-state index in [2.05, 4.69) is 5.48 Å². The van der Waals surface area contributed by atoms with Gasteiger partial charge >= 0.3 is 0 Å². The zero-order chi connectivity index (χ0) is 9.68. The zero-order valence-corrected chi connectivity index (χ0v) is 7.31. The minimum absolute atomic E-state index is 0.236. The van der Waals surface area contributed by atoms with Crippen LogP contribution in [0.15, 0.2) is 18.2 Å². The second-order valence-corrected chi connectivity index (χ2v) is 2.49. The fourth-order valence-electron chi connectivity index (χ4n) is 0.896. The van der Waals surface area contributed by atoms with E-state index in [0.717, 1.165) is 6.07 Å². The standard InChI is InChI=1S/C9H11F2NO/c1-2-13-12-6-7-3-4-8(10)5-9(7)11/h3-5,12H,2,6H2,1H3. The van der Waals surface area contributed by atoms with Crippen LogP contribution in [0.2, 0.25) is 0 Å². The van der Waals surface area contributed by atoms with Crippen LogP contribution in [0.5, 0.6) is 0 Å². The second kappa shape index (κ2) is 4.89. The van der Waals surface area contributed by atoms with Crippen LogP contribution in [0.1, 0.15) is 12.5 Å². The van der Waals surface area contributed by atoms with Crippen LogP contribution in [0.25, 0.3) is 0 Å². The summed E-state index contributed by atoms with van der Waals surface area (Å²) in [5, 5.41) is 0. The van der Waals surface area contributed by atoms with Gasteiger partial charge in [-0.3, -0.25) is 0 Å². The summed E-state index contributed by atoms with van der Waals surface area (Å²) in [6, 6.07) is 3.45. The first-order chi connectivity index (χ1) is 6.24. The molecule has 1 N–H and O–H groups in total. The Kier molecular flexibility index (Phi) is 3.79. The first-order valence-electron chi connectivity index (χ1n) is 4.02. The fourth-order valence-corrected chi connectivity index (χ4v) is 0.896. The van der Waals surface area contributed by atoms with Crippen LogP contribution in [0.3, 0.4) is 0 Å². The highest BCUT2D eigenvalue weighted by molar-refractivity contribution is 5.17. The van der Waals surface area contributed by atoms with Crippen LogP contribution >= 0.6 is 0 Å². The summed E-state index contributed by atoms with van der Waals surface area (Å²) >= 11 is 0. The quantitative estimate of drug-likeness (QED) is 0.575. The predicted molar refractivity (Wildman–Crippen MR) is 44.8 cm³/mol. The number of rotatable bonds is 4. The molecule has 2 nitrogen and oxygen atoms in total. The fraction of sp³-hybridized carbons (Fsp3) is 0.333. The highest BCUT2D eigenvalue weighted by Crippen LogP contribution is 2.08. The van der Waals surface area contributed by atoms with Crippen molar-refractivity contribution in [3.63, 3.8) is 0 Å². The first kappa shape index (κ1) is 10.1. The van der Waals surface area contributed by atoms with Gasteiger partial charge in [-0.15, -0.1) is 0 Å². The van der Waals surface area contributed by atoms with Gasteiger partial charge in [-0.1, -0.05) is 6.07 Å². The third-order valence-corrected chi connectivity index (χ3v) is 1.52. The summed E-state index contributed by atoms with van der Waals surface area (Å²) in [7, 11) is 0. The summed E-state index contributed by atoms with van der Waals surface area (Å²) in [6.45, 7) is 2.55. The Bertz CT molecular complexity index is 278. The molecular formula is C9H11F2NO. The Morgan fingerprint density at radius 2 is 2.15 bits per heavy atom. The van der Waals surface area contributed by atoms with E-state index >= 15 is 0 Å². The van der Waals surface area contributed by atoms with Crippen LogP contribution < -0.4 is 5.48 Å². The van der Waals surface area contributed by atoms with Gasteiger partial charge in [0.25, 0.3) is 0 Å². The lowest BCUT2D eigenvalue weighted by molar-refractivity contribution is 0.0457. The van der Waals surface area contributed by atoms with Crippen LogP contribution in [-0.4, -0.2) is 6.61 Å². The van der Waals surface area contributed by atoms with Crippen molar-refractivity contribution >= 4 is 0 Å². The van der Waals surface area contributed by atoms with E-state index in [1.54, 1.807) is 0 Å². The van der Waals surface area contributed by atoms with E-state index in [1.165, 1.54) is 12.1 Å². The smallest absolute Gasteiger partial charge is 0.130 e. The lowest BCUT2D eigenvalue weighted by Gasteiger charge is -2.04. The molecule has 0 radical (unpaired) electrons. The van der Waals surface area contributed by atoms with Gasteiger partial charge in [-0.25, -0.2) is 8.78 Å². The number of hydrogen-bond acceptors (Lipinski definition) is 2. The molecule has 0 fully saturated rings. The van der Waals surface area contributed by atoms with Gasteiger partial charge in [-0.05, 0) is 13.0 Å². The van der Waals surface area contributed by atoms with Gasteiger partial charge < -0.3 is 4.84 Å². The lowest BCUT2D eigenvalue weighted by Crippen LogP contribution is -2.14. The van der Waals surface area contributed by atoms with Gasteiger partial charge in [0, 0.05) is 18.2 Å². The Hall–Kier alpha value is -1.00. The molecule has 0 bridgehead atoms. The minimum atomic E-state index is -0.572. The lowest BCUT2D eigenvalue weighted by atomic mass is 10.2. The molecule has 0 saturated heterocycles. The van der Waals surface area contributed by atoms with Crippen LogP contribution in [0.4, 0.5) is 8.78 Å². The number of hydrogen-bond donors (Lipinski definition) is 1. The van der Waals surface area contributed by atoms with Crippen molar-refractivity contribution in [3.8, 4) is 0 Å². The highest BCUT2D eigenvalue weighted by atomic mass is 19.1.